The Bertz CT molecular complexity index is 790. The lowest BCUT2D eigenvalue weighted by atomic mass is 10.1. The second kappa shape index (κ2) is 7.25. The number of likely N-dealkylation sites (N-methyl/N-ethyl adjacent to an activating group) is 1. The van der Waals surface area contributed by atoms with Crippen LogP contribution < -0.4 is 19.7 Å². The van der Waals surface area contributed by atoms with E-state index in [0.717, 1.165) is 5.56 Å². The normalized spacial score (nSPS) is 16.0. The van der Waals surface area contributed by atoms with Crippen LogP contribution in [0.2, 0.25) is 0 Å². The Balaban J connectivity index is 1.62. The van der Waals surface area contributed by atoms with Crippen LogP contribution in [-0.4, -0.2) is 32.1 Å². The van der Waals surface area contributed by atoms with E-state index in [4.69, 9.17) is 9.47 Å². The summed E-state index contributed by atoms with van der Waals surface area (Å²) in [6, 6.07) is 14.7. The standard InChI is InChI=1S/C19H20N2O4/c1-21-14-8-4-6-10-16(14)25-17(19(21)23)11-18(22)20-12-13-7-3-5-9-15(13)24-2/h3-10,17H,11-12H2,1-2H3,(H,20,22). The number of para-hydroxylation sites is 3. The first-order valence-corrected chi connectivity index (χ1v) is 8.02. The molecule has 1 atom stereocenters. The smallest absolute Gasteiger partial charge is 0.268 e. The van der Waals surface area contributed by atoms with Crippen molar-refractivity contribution in [2.45, 2.75) is 19.1 Å². The summed E-state index contributed by atoms with van der Waals surface area (Å²) in [6.07, 6.45) is -0.857. The molecule has 1 unspecified atom stereocenters. The van der Waals surface area contributed by atoms with Gasteiger partial charge in [0.2, 0.25) is 5.91 Å². The van der Waals surface area contributed by atoms with Gasteiger partial charge >= 0.3 is 0 Å². The first-order chi connectivity index (χ1) is 12.1. The second-order valence-electron chi connectivity index (χ2n) is 5.76. The molecule has 1 aliphatic heterocycles. The van der Waals surface area contributed by atoms with Gasteiger partial charge in [0.25, 0.3) is 5.91 Å². The third kappa shape index (κ3) is 3.57. The van der Waals surface area contributed by atoms with Crippen molar-refractivity contribution in [3.63, 3.8) is 0 Å². The Morgan fingerprint density at radius 1 is 1.20 bits per heavy atom. The number of anilines is 1. The van der Waals surface area contributed by atoms with Crippen molar-refractivity contribution in [2.75, 3.05) is 19.1 Å². The largest absolute Gasteiger partial charge is 0.496 e. The van der Waals surface area contributed by atoms with Gasteiger partial charge in [-0.1, -0.05) is 30.3 Å². The van der Waals surface area contributed by atoms with Crippen LogP contribution in [0.4, 0.5) is 5.69 Å². The summed E-state index contributed by atoms with van der Waals surface area (Å²) in [5.74, 6) is 0.830. The van der Waals surface area contributed by atoms with Crippen LogP contribution in [0.3, 0.4) is 0 Å². The topological polar surface area (TPSA) is 67.9 Å². The van der Waals surface area contributed by atoms with Crippen molar-refractivity contribution in [2.24, 2.45) is 0 Å². The minimum absolute atomic E-state index is 0.0351. The molecule has 3 rings (SSSR count). The van der Waals surface area contributed by atoms with E-state index in [0.29, 0.717) is 23.7 Å². The molecular weight excluding hydrogens is 320 g/mol. The molecule has 25 heavy (non-hydrogen) atoms. The number of carbonyl (C=O) groups is 2. The molecule has 0 bridgehead atoms. The van der Waals surface area contributed by atoms with Crippen molar-refractivity contribution in [1.29, 1.82) is 0 Å². The summed E-state index contributed by atoms with van der Waals surface area (Å²) < 4.78 is 11.0. The van der Waals surface area contributed by atoms with Gasteiger partial charge in [0.15, 0.2) is 6.10 Å². The number of hydrogen-bond donors (Lipinski definition) is 1. The minimum atomic E-state index is -0.822. The van der Waals surface area contributed by atoms with Gasteiger partial charge in [-0.05, 0) is 18.2 Å². The van der Waals surface area contributed by atoms with Gasteiger partial charge in [0.1, 0.15) is 11.5 Å². The molecule has 0 saturated carbocycles. The van der Waals surface area contributed by atoms with Crippen LogP contribution >= 0.6 is 0 Å². The average Bonchev–Trinajstić information content (AvgIpc) is 2.64. The van der Waals surface area contributed by atoms with Crippen LogP contribution in [0.1, 0.15) is 12.0 Å². The monoisotopic (exact) mass is 340 g/mol. The zero-order chi connectivity index (χ0) is 17.8. The summed E-state index contributed by atoms with van der Waals surface area (Å²) in [5.41, 5.74) is 1.58. The van der Waals surface area contributed by atoms with Crippen LogP contribution in [-0.2, 0) is 16.1 Å². The van der Waals surface area contributed by atoms with Gasteiger partial charge in [-0.15, -0.1) is 0 Å². The summed E-state index contributed by atoms with van der Waals surface area (Å²) in [6.45, 7) is 0.330. The lowest BCUT2D eigenvalue weighted by molar-refractivity contribution is -0.132. The molecule has 1 N–H and O–H groups in total. The molecule has 2 aromatic rings. The van der Waals surface area contributed by atoms with Crippen LogP contribution in [0.25, 0.3) is 0 Å². The Kier molecular flexibility index (Phi) is 4.88. The van der Waals surface area contributed by atoms with Gasteiger partial charge in [-0.25, -0.2) is 0 Å². The first kappa shape index (κ1) is 16.8. The quantitative estimate of drug-likeness (QED) is 0.905. The maximum absolute atomic E-state index is 12.4. The minimum Gasteiger partial charge on any atom is -0.496 e. The molecule has 0 radical (unpaired) electrons. The van der Waals surface area contributed by atoms with Crippen LogP contribution in [0.15, 0.2) is 48.5 Å². The third-order valence-electron chi connectivity index (χ3n) is 4.14. The highest BCUT2D eigenvalue weighted by molar-refractivity contribution is 6.01. The number of rotatable bonds is 5. The van der Waals surface area contributed by atoms with E-state index in [1.807, 2.05) is 42.5 Å². The highest BCUT2D eigenvalue weighted by atomic mass is 16.5. The second-order valence-corrected chi connectivity index (χ2v) is 5.76. The Labute approximate surface area is 146 Å². The fourth-order valence-electron chi connectivity index (χ4n) is 2.78. The zero-order valence-corrected chi connectivity index (χ0v) is 14.2. The van der Waals surface area contributed by atoms with Crippen molar-refractivity contribution in [1.82, 2.24) is 5.32 Å². The van der Waals surface area contributed by atoms with Gasteiger partial charge in [0.05, 0.1) is 19.2 Å². The van der Waals surface area contributed by atoms with Crippen molar-refractivity contribution in [3.05, 3.63) is 54.1 Å². The molecule has 0 aromatic heterocycles. The fraction of sp³-hybridized carbons (Fsp3) is 0.263. The number of ether oxygens (including phenoxy) is 2. The fourth-order valence-corrected chi connectivity index (χ4v) is 2.78. The predicted molar refractivity (Wildman–Crippen MR) is 93.7 cm³/mol. The molecule has 1 aliphatic rings. The Hall–Kier alpha value is -3.02. The average molecular weight is 340 g/mol. The molecule has 130 valence electrons. The molecule has 1 heterocycles. The molecule has 0 aliphatic carbocycles. The Morgan fingerprint density at radius 3 is 2.72 bits per heavy atom. The molecule has 2 amide bonds. The van der Waals surface area contributed by atoms with Gasteiger partial charge in [-0.3, -0.25) is 9.59 Å². The highest BCUT2D eigenvalue weighted by Crippen LogP contribution is 2.33. The molecule has 0 fully saturated rings. The number of amides is 2. The number of nitrogens with one attached hydrogen (secondary N) is 1. The van der Waals surface area contributed by atoms with Crippen molar-refractivity contribution < 1.29 is 19.1 Å². The van der Waals surface area contributed by atoms with Gasteiger partial charge < -0.3 is 19.7 Å². The van der Waals surface area contributed by atoms with E-state index in [-0.39, 0.29) is 18.2 Å². The summed E-state index contributed by atoms with van der Waals surface area (Å²) in [7, 11) is 3.27. The van der Waals surface area contributed by atoms with E-state index >= 15 is 0 Å². The van der Waals surface area contributed by atoms with Gasteiger partial charge in [0, 0.05) is 19.2 Å². The van der Waals surface area contributed by atoms with E-state index in [9.17, 15) is 9.59 Å². The number of nitrogens with zero attached hydrogens (tertiary/aromatic N) is 1. The lowest BCUT2D eigenvalue weighted by Gasteiger charge is -2.31. The molecule has 0 saturated heterocycles. The molecular formula is C19H20N2O4. The summed E-state index contributed by atoms with van der Waals surface area (Å²) >= 11 is 0. The number of fused-ring (bicyclic) bond motifs is 1. The maximum Gasteiger partial charge on any atom is 0.268 e. The van der Waals surface area contributed by atoms with Crippen LogP contribution in [0, 0.1) is 0 Å². The summed E-state index contributed by atoms with van der Waals surface area (Å²) in [4.78, 5) is 26.2. The van der Waals surface area contributed by atoms with E-state index in [1.165, 1.54) is 4.90 Å². The maximum atomic E-state index is 12.4. The lowest BCUT2D eigenvalue weighted by Crippen LogP contribution is -2.46. The van der Waals surface area contributed by atoms with E-state index in [2.05, 4.69) is 5.32 Å². The zero-order valence-electron chi connectivity index (χ0n) is 14.2. The van der Waals surface area contributed by atoms with Crippen LogP contribution in [0.5, 0.6) is 11.5 Å². The van der Waals surface area contributed by atoms with Crippen molar-refractivity contribution in [3.8, 4) is 11.5 Å². The SMILES string of the molecule is COc1ccccc1CNC(=O)CC1Oc2ccccc2N(C)C1=O. The number of methoxy groups -OCH3 is 1. The Morgan fingerprint density at radius 2 is 1.92 bits per heavy atom. The van der Waals surface area contributed by atoms with E-state index < -0.39 is 6.10 Å². The number of benzene rings is 2. The molecule has 6 heteroatoms. The van der Waals surface area contributed by atoms with Gasteiger partial charge in [-0.2, -0.15) is 0 Å². The third-order valence-corrected chi connectivity index (χ3v) is 4.14. The highest BCUT2D eigenvalue weighted by Gasteiger charge is 2.33. The number of hydrogen-bond acceptors (Lipinski definition) is 4. The predicted octanol–water partition coefficient (Wildman–Crippen LogP) is 2.13. The summed E-state index contributed by atoms with van der Waals surface area (Å²) in [5, 5.41) is 2.81. The molecule has 0 spiro atoms. The number of carbonyl (C=O) groups excluding carboxylic acids is 2. The molecule has 6 nitrogen and oxygen atoms in total. The van der Waals surface area contributed by atoms with Crippen molar-refractivity contribution >= 4 is 17.5 Å². The molecule has 2 aromatic carbocycles. The van der Waals surface area contributed by atoms with E-state index in [1.54, 1.807) is 20.2 Å². The first-order valence-electron chi connectivity index (χ1n) is 8.02.